The summed E-state index contributed by atoms with van der Waals surface area (Å²) in [4.78, 5) is 4.41. The summed E-state index contributed by atoms with van der Waals surface area (Å²) >= 11 is 0. The van der Waals surface area contributed by atoms with E-state index in [4.69, 9.17) is 0 Å². The molecule has 2 aliphatic heterocycles. The van der Waals surface area contributed by atoms with Gasteiger partial charge in [0.05, 0.1) is 11.5 Å². The van der Waals surface area contributed by atoms with Gasteiger partial charge in [0.25, 0.3) is 0 Å². The lowest BCUT2D eigenvalue weighted by Crippen LogP contribution is -2.46. The van der Waals surface area contributed by atoms with Gasteiger partial charge >= 0.3 is 0 Å². The minimum absolute atomic E-state index is 0.297. The zero-order valence-electron chi connectivity index (χ0n) is 11.1. The third kappa shape index (κ3) is 1.86. The Bertz CT molecular complexity index is 529. The Morgan fingerprint density at radius 1 is 1.16 bits per heavy atom. The van der Waals surface area contributed by atoms with Gasteiger partial charge in [-0.25, -0.2) is 0 Å². The highest BCUT2D eigenvalue weighted by Crippen LogP contribution is 2.45. The lowest BCUT2D eigenvalue weighted by molar-refractivity contribution is 0.304. The number of nitriles is 1. The van der Waals surface area contributed by atoms with Crippen LogP contribution in [0.25, 0.3) is 0 Å². The van der Waals surface area contributed by atoms with Crippen LogP contribution in [0, 0.1) is 11.3 Å². The minimum Gasteiger partial charge on any atom is -0.311 e. The maximum Gasteiger partial charge on any atom is 0.0866 e. The lowest BCUT2D eigenvalue weighted by Gasteiger charge is -2.36. The number of rotatable bonds is 2. The predicted octanol–water partition coefficient (Wildman–Crippen LogP) is 2.63. The van der Waals surface area contributed by atoms with Gasteiger partial charge in [-0.1, -0.05) is 6.07 Å². The van der Waals surface area contributed by atoms with Crippen molar-refractivity contribution < 1.29 is 0 Å². The first kappa shape index (κ1) is 11.4. The summed E-state index contributed by atoms with van der Waals surface area (Å²) in [5.41, 5.74) is 2.21. The molecule has 4 rings (SSSR count). The summed E-state index contributed by atoms with van der Waals surface area (Å²) in [7, 11) is 0. The predicted molar refractivity (Wildman–Crippen MR) is 72.7 cm³/mol. The van der Waals surface area contributed by atoms with Gasteiger partial charge in [0.15, 0.2) is 0 Å². The first-order chi connectivity index (χ1) is 9.29. The summed E-state index contributed by atoms with van der Waals surface area (Å²) in [6.45, 7) is 0. The van der Waals surface area contributed by atoms with E-state index in [9.17, 15) is 5.26 Å². The molecule has 1 N–H and O–H groups in total. The molecular formula is C16H19N3. The standard InChI is InChI=1S/C16H19N3/c17-10-16(6-14-3-4-15(7-16)19-14)13-5-12(8-18-9-13)11-1-2-11/h5,8-9,11,14-15,19H,1-4,6-7H2. The van der Waals surface area contributed by atoms with E-state index < -0.39 is 0 Å². The molecule has 2 saturated heterocycles. The van der Waals surface area contributed by atoms with Crippen molar-refractivity contribution in [3.8, 4) is 6.07 Å². The Morgan fingerprint density at radius 3 is 2.53 bits per heavy atom. The molecule has 3 aliphatic rings. The van der Waals surface area contributed by atoms with Gasteiger partial charge in [-0.3, -0.25) is 4.98 Å². The second kappa shape index (κ2) is 4.05. The van der Waals surface area contributed by atoms with E-state index >= 15 is 0 Å². The van der Waals surface area contributed by atoms with Crippen LogP contribution in [0.3, 0.4) is 0 Å². The summed E-state index contributed by atoms with van der Waals surface area (Å²) < 4.78 is 0. The van der Waals surface area contributed by atoms with Crippen molar-refractivity contribution in [1.82, 2.24) is 10.3 Å². The Morgan fingerprint density at radius 2 is 1.89 bits per heavy atom. The molecule has 3 fully saturated rings. The van der Waals surface area contributed by atoms with Crippen molar-refractivity contribution in [1.29, 1.82) is 5.26 Å². The number of fused-ring (bicyclic) bond motifs is 2. The van der Waals surface area contributed by atoms with E-state index in [-0.39, 0.29) is 5.41 Å². The highest BCUT2D eigenvalue weighted by atomic mass is 15.0. The average Bonchev–Trinajstić information content (AvgIpc) is 3.25. The SMILES string of the molecule is N#CC1(c2cncc(C3CC3)c2)CC2CCC(C1)N2. The van der Waals surface area contributed by atoms with Crippen molar-refractivity contribution in [2.45, 2.75) is 61.9 Å². The monoisotopic (exact) mass is 253 g/mol. The van der Waals surface area contributed by atoms with Crippen LogP contribution in [0.4, 0.5) is 0 Å². The minimum atomic E-state index is -0.297. The number of nitrogens with zero attached hydrogens (tertiary/aromatic N) is 2. The molecule has 3 heteroatoms. The van der Waals surface area contributed by atoms with Crippen LogP contribution in [0.1, 0.15) is 55.6 Å². The molecule has 0 radical (unpaired) electrons. The second-order valence-electron chi connectivity index (χ2n) is 6.52. The highest BCUT2D eigenvalue weighted by Gasteiger charge is 2.45. The fraction of sp³-hybridized carbons (Fsp3) is 0.625. The first-order valence-electron chi connectivity index (χ1n) is 7.42. The van der Waals surface area contributed by atoms with Crippen molar-refractivity contribution in [2.24, 2.45) is 0 Å². The largest absolute Gasteiger partial charge is 0.311 e. The van der Waals surface area contributed by atoms with Gasteiger partial charge in [0, 0.05) is 24.5 Å². The van der Waals surface area contributed by atoms with Gasteiger partial charge in [0.1, 0.15) is 0 Å². The molecule has 1 saturated carbocycles. The summed E-state index contributed by atoms with van der Waals surface area (Å²) in [5, 5.41) is 13.4. The fourth-order valence-electron chi connectivity index (χ4n) is 3.90. The Hall–Kier alpha value is -1.40. The summed E-state index contributed by atoms with van der Waals surface area (Å²) in [6, 6.07) is 5.96. The molecule has 0 spiro atoms. The molecule has 2 atom stereocenters. The van der Waals surface area contributed by atoms with Crippen molar-refractivity contribution >= 4 is 0 Å². The normalized spacial score (nSPS) is 37.0. The van der Waals surface area contributed by atoms with Gasteiger partial charge in [-0.05, 0) is 55.6 Å². The molecule has 0 aromatic carbocycles. The maximum atomic E-state index is 9.80. The number of hydrogen-bond acceptors (Lipinski definition) is 3. The third-order valence-electron chi connectivity index (χ3n) is 5.10. The smallest absolute Gasteiger partial charge is 0.0866 e. The number of pyridine rings is 1. The van der Waals surface area contributed by atoms with Crippen LogP contribution in [0.5, 0.6) is 0 Å². The molecule has 0 amide bonds. The van der Waals surface area contributed by atoms with E-state index in [1.165, 1.54) is 31.2 Å². The van der Waals surface area contributed by atoms with Crippen LogP contribution < -0.4 is 5.32 Å². The molecule has 3 heterocycles. The Kier molecular flexibility index (Phi) is 2.43. The Balaban J connectivity index is 1.72. The topological polar surface area (TPSA) is 48.7 Å². The van der Waals surface area contributed by atoms with Crippen molar-refractivity contribution in [2.75, 3.05) is 0 Å². The van der Waals surface area contributed by atoms with Crippen LogP contribution in [-0.2, 0) is 5.41 Å². The summed E-state index contributed by atoms with van der Waals surface area (Å²) in [6.07, 6.45) is 10.9. The van der Waals surface area contributed by atoms with Crippen LogP contribution >= 0.6 is 0 Å². The number of hydrogen-bond donors (Lipinski definition) is 1. The molecule has 98 valence electrons. The van der Waals surface area contributed by atoms with Crippen molar-refractivity contribution in [3.05, 3.63) is 29.6 Å². The maximum absolute atomic E-state index is 9.80. The molecule has 1 aromatic heterocycles. The number of piperidine rings is 1. The van der Waals surface area contributed by atoms with Gasteiger partial charge in [0.2, 0.25) is 0 Å². The van der Waals surface area contributed by atoms with E-state index in [2.05, 4.69) is 22.4 Å². The molecule has 1 aromatic rings. The average molecular weight is 253 g/mol. The van der Waals surface area contributed by atoms with E-state index in [0.29, 0.717) is 18.0 Å². The molecule has 3 nitrogen and oxygen atoms in total. The van der Waals surface area contributed by atoms with E-state index in [1.54, 1.807) is 0 Å². The highest BCUT2D eigenvalue weighted by molar-refractivity contribution is 5.37. The van der Waals surface area contributed by atoms with E-state index in [0.717, 1.165) is 18.4 Å². The number of nitrogens with one attached hydrogen (secondary N) is 1. The Labute approximate surface area is 114 Å². The fourth-order valence-corrected chi connectivity index (χ4v) is 3.90. The number of aromatic nitrogens is 1. The quantitative estimate of drug-likeness (QED) is 0.881. The van der Waals surface area contributed by atoms with E-state index in [1.807, 2.05) is 12.4 Å². The van der Waals surface area contributed by atoms with Gasteiger partial charge < -0.3 is 5.32 Å². The lowest BCUT2D eigenvalue weighted by atomic mass is 9.72. The zero-order valence-corrected chi connectivity index (χ0v) is 11.1. The zero-order chi connectivity index (χ0) is 12.9. The summed E-state index contributed by atoms with van der Waals surface area (Å²) in [5.74, 6) is 0.710. The third-order valence-corrected chi connectivity index (χ3v) is 5.10. The van der Waals surface area contributed by atoms with Crippen LogP contribution in [0.15, 0.2) is 18.5 Å². The second-order valence-corrected chi connectivity index (χ2v) is 6.52. The van der Waals surface area contributed by atoms with Crippen LogP contribution in [-0.4, -0.2) is 17.1 Å². The van der Waals surface area contributed by atoms with Gasteiger partial charge in [-0.2, -0.15) is 5.26 Å². The first-order valence-corrected chi connectivity index (χ1v) is 7.42. The van der Waals surface area contributed by atoms with Crippen LogP contribution in [0.2, 0.25) is 0 Å². The van der Waals surface area contributed by atoms with Crippen molar-refractivity contribution in [3.63, 3.8) is 0 Å². The molecule has 2 bridgehead atoms. The molecule has 2 unspecified atom stereocenters. The molecule has 1 aliphatic carbocycles. The molecule has 19 heavy (non-hydrogen) atoms. The van der Waals surface area contributed by atoms with Gasteiger partial charge in [-0.15, -0.1) is 0 Å². The molecular weight excluding hydrogens is 234 g/mol.